The van der Waals surface area contributed by atoms with Crippen molar-refractivity contribution in [3.05, 3.63) is 98.5 Å². The molecule has 178 valence electrons. The van der Waals surface area contributed by atoms with E-state index in [9.17, 15) is 14.4 Å². The summed E-state index contributed by atoms with van der Waals surface area (Å²) in [5.74, 6) is -0.105. The van der Waals surface area contributed by atoms with Crippen molar-refractivity contribution in [1.29, 1.82) is 0 Å². The fourth-order valence-electron chi connectivity index (χ4n) is 4.25. The number of benzene rings is 2. The van der Waals surface area contributed by atoms with E-state index in [0.29, 0.717) is 22.7 Å². The van der Waals surface area contributed by atoms with Crippen LogP contribution in [0.3, 0.4) is 0 Å². The average molecular weight is 470 g/mol. The number of carbonyl (C=O) groups is 2. The quantitative estimate of drug-likeness (QED) is 0.420. The summed E-state index contributed by atoms with van der Waals surface area (Å²) in [6.07, 6.45) is 1.43. The van der Waals surface area contributed by atoms with E-state index in [2.05, 4.69) is 10.3 Å². The van der Waals surface area contributed by atoms with E-state index < -0.39 is 11.2 Å². The summed E-state index contributed by atoms with van der Waals surface area (Å²) in [7, 11) is 1.54. The van der Waals surface area contributed by atoms with Gasteiger partial charge in [0.25, 0.3) is 0 Å². The lowest BCUT2D eigenvalue weighted by molar-refractivity contribution is -0.116. The Bertz CT molecular complexity index is 1500. The summed E-state index contributed by atoms with van der Waals surface area (Å²) in [5, 5.41) is 3.26. The predicted octanol–water partition coefficient (Wildman–Crippen LogP) is 4.51. The maximum absolute atomic E-state index is 13.3. The summed E-state index contributed by atoms with van der Waals surface area (Å²) in [6, 6.07) is 13.9. The molecule has 0 unspecified atom stereocenters. The van der Waals surface area contributed by atoms with Crippen LogP contribution in [-0.2, 0) is 11.3 Å². The molecule has 2 heterocycles. The fraction of sp³-hybridized carbons (Fsp3) is 0.214. The van der Waals surface area contributed by atoms with Gasteiger partial charge in [0, 0.05) is 23.1 Å². The number of hydrogen-bond acceptors (Lipinski definition) is 5. The molecule has 2 aromatic heterocycles. The monoisotopic (exact) mass is 469 g/mol. The molecule has 0 saturated heterocycles. The van der Waals surface area contributed by atoms with Crippen LogP contribution >= 0.6 is 0 Å². The van der Waals surface area contributed by atoms with Gasteiger partial charge in [-0.25, -0.2) is 4.98 Å². The minimum atomic E-state index is -0.431. The molecule has 0 bridgehead atoms. The highest BCUT2D eigenvalue weighted by Crippen LogP contribution is 2.22. The zero-order valence-corrected chi connectivity index (χ0v) is 20.4. The van der Waals surface area contributed by atoms with Crippen molar-refractivity contribution in [2.24, 2.45) is 0 Å². The maximum atomic E-state index is 13.3. The van der Waals surface area contributed by atoms with Crippen LogP contribution in [0.1, 0.15) is 38.3 Å². The molecule has 35 heavy (non-hydrogen) atoms. The van der Waals surface area contributed by atoms with E-state index in [1.165, 1.54) is 6.20 Å². The Hall–Kier alpha value is -4.26. The Kier molecular flexibility index (Phi) is 6.51. The average Bonchev–Trinajstić information content (AvgIpc) is 2.82. The lowest BCUT2D eigenvalue weighted by atomic mass is 10.0. The topological polar surface area (TPSA) is 90.3 Å². The van der Waals surface area contributed by atoms with Crippen LogP contribution in [0, 0.1) is 27.7 Å². The summed E-state index contributed by atoms with van der Waals surface area (Å²) >= 11 is 0. The number of carbonyl (C=O) groups excluding carboxylic acids is 2. The highest BCUT2D eigenvalue weighted by molar-refractivity contribution is 6.10. The van der Waals surface area contributed by atoms with Crippen LogP contribution in [0.5, 0.6) is 5.75 Å². The Balaban J connectivity index is 1.76. The number of amides is 1. The number of aromatic nitrogens is 2. The number of methoxy groups -OCH3 is 1. The number of hydrogen-bond donors (Lipinski definition) is 1. The molecule has 0 atom stereocenters. The first-order chi connectivity index (χ1) is 16.7. The van der Waals surface area contributed by atoms with Crippen LogP contribution < -0.4 is 15.5 Å². The number of fused-ring (bicyclic) bond motifs is 1. The van der Waals surface area contributed by atoms with Crippen molar-refractivity contribution in [2.45, 2.75) is 34.2 Å². The molecule has 0 aliphatic heterocycles. The van der Waals surface area contributed by atoms with Crippen LogP contribution in [0.2, 0.25) is 0 Å². The second-order valence-corrected chi connectivity index (χ2v) is 8.70. The lowest BCUT2D eigenvalue weighted by Gasteiger charge is -2.16. The summed E-state index contributed by atoms with van der Waals surface area (Å²) in [6.45, 7) is 7.60. The Morgan fingerprint density at radius 3 is 2.26 bits per heavy atom. The van der Waals surface area contributed by atoms with Crippen molar-refractivity contribution in [3.8, 4) is 5.75 Å². The number of anilines is 1. The van der Waals surface area contributed by atoms with Crippen LogP contribution in [0.4, 0.5) is 5.69 Å². The molecular weight excluding hydrogens is 442 g/mol. The second-order valence-electron chi connectivity index (χ2n) is 8.70. The second kappa shape index (κ2) is 9.54. The number of aryl methyl sites for hydroxylation is 4. The smallest absolute Gasteiger partial charge is 0.244 e. The molecule has 1 N–H and O–H groups in total. The number of nitrogens with one attached hydrogen (secondary N) is 1. The molecule has 4 aromatic rings. The third kappa shape index (κ3) is 4.84. The van der Waals surface area contributed by atoms with Gasteiger partial charge in [-0.15, -0.1) is 0 Å². The van der Waals surface area contributed by atoms with Gasteiger partial charge in [-0.1, -0.05) is 17.7 Å². The molecule has 7 heteroatoms. The lowest BCUT2D eigenvalue weighted by Crippen LogP contribution is -2.25. The summed E-state index contributed by atoms with van der Waals surface area (Å²) in [4.78, 5) is 44.0. The van der Waals surface area contributed by atoms with Gasteiger partial charge < -0.3 is 14.6 Å². The SMILES string of the molecule is COc1ccc(C(=O)c2cn(CC(=O)Nc3c(C)cc(C)cc3C)c3nc(C)ccc3c2=O)cc1. The first-order valence-corrected chi connectivity index (χ1v) is 11.2. The first kappa shape index (κ1) is 23.9. The minimum absolute atomic E-state index is 0.0242. The summed E-state index contributed by atoms with van der Waals surface area (Å²) < 4.78 is 6.72. The van der Waals surface area contributed by atoms with Crippen molar-refractivity contribution >= 4 is 28.4 Å². The first-order valence-electron chi connectivity index (χ1n) is 11.2. The van der Waals surface area contributed by atoms with Gasteiger partial charge in [0.15, 0.2) is 5.78 Å². The maximum Gasteiger partial charge on any atom is 0.244 e. The van der Waals surface area contributed by atoms with Gasteiger partial charge in [0.1, 0.15) is 17.9 Å². The molecule has 0 radical (unpaired) electrons. The number of nitrogens with zero attached hydrogens (tertiary/aromatic N) is 2. The van der Waals surface area contributed by atoms with E-state index >= 15 is 0 Å². The van der Waals surface area contributed by atoms with E-state index in [1.807, 2.05) is 39.8 Å². The highest BCUT2D eigenvalue weighted by Gasteiger charge is 2.19. The van der Waals surface area contributed by atoms with Crippen molar-refractivity contribution in [2.75, 3.05) is 12.4 Å². The van der Waals surface area contributed by atoms with Crippen molar-refractivity contribution < 1.29 is 14.3 Å². The van der Waals surface area contributed by atoms with Gasteiger partial charge in [0.05, 0.1) is 18.1 Å². The molecule has 0 aliphatic carbocycles. The highest BCUT2D eigenvalue weighted by atomic mass is 16.5. The molecule has 1 amide bonds. The zero-order chi connectivity index (χ0) is 25.3. The van der Waals surface area contributed by atoms with Gasteiger partial charge in [-0.05, 0) is 75.2 Å². The zero-order valence-electron chi connectivity index (χ0n) is 20.4. The molecular formula is C28H27N3O4. The van der Waals surface area contributed by atoms with Crippen LogP contribution in [0.25, 0.3) is 11.0 Å². The Morgan fingerprint density at radius 2 is 1.63 bits per heavy atom. The van der Waals surface area contributed by atoms with Gasteiger partial charge in [-0.3, -0.25) is 14.4 Å². The van der Waals surface area contributed by atoms with Crippen LogP contribution in [0.15, 0.2) is 59.5 Å². The van der Waals surface area contributed by atoms with Gasteiger partial charge in [-0.2, -0.15) is 0 Å². The molecule has 0 spiro atoms. The third-order valence-corrected chi connectivity index (χ3v) is 5.91. The molecule has 4 rings (SSSR count). The normalized spacial score (nSPS) is 10.9. The fourth-order valence-corrected chi connectivity index (χ4v) is 4.25. The molecule has 0 fully saturated rings. The predicted molar refractivity (Wildman–Crippen MR) is 136 cm³/mol. The summed E-state index contributed by atoms with van der Waals surface area (Å²) in [5.41, 5.74) is 4.76. The largest absolute Gasteiger partial charge is 0.497 e. The number of ketones is 1. The number of pyridine rings is 2. The standard InChI is InChI=1S/C28H27N3O4/c1-16-12-17(2)25(18(3)13-16)30-24(32)15-31-14-23(26(33)20-7-9-21(35-5)10-8-20)27(34)22-11-6-19(4)29-28(22)31/h6-14H,15H2,1-5H3,(H,30,32). The molecule has 7 nitrogen and oxygen atoms in total. The van der Waals surface area contributed by atoms with Crippen molar-refractivity contribution in [1.82, 2.24) is 9.55 Å². The van der Waals surface area contributed by atoms with E-state index in [-0.39, 0.29) is 23.4 Å². The third-order valence-electron chi connectivity index (χ3n) is 5.91. The van der Waals surface area contributed by atoms with Crippen LogP contribution in [-0.4, -0.2) is 28.4 Å². The molecule has 0 aliphatic rings. The number of ether oxygens (including phenoxy) is 1. The van der Waals surface area contributed by atoms with Crippen molar-refractivity contribution in [3.63, 3.8) is 0 Å². The molecule has 2 aromatic carbocycles. The van der Waals surface area contributed by atoms with Gasteiger partial charge in [0.2, 0.25) is 11.3 Å². The van der Waals surface area contributed by atoms with E-state index in [1.54, 1.807) is 48.1 Å². The molecule has 0 saturated carbocycles. The number of rotatable bonds is 6. The van der Waals surface area contributed by atoms with E-state index in [4.69, 9.17) is 4.74 Å². The van der Waals surface area contributed by atoms with E-state index in [0.717, 1.165) is 22.4 Å². The Labute approximate surface area is 203 Å². The minimum Gasteiger partial charge on any atom is -0.497 e. The Morgan fingerprint density at radius 1 is 0.971 bits per heavy atom. The van der Waals surface area contributed by atoms with Gasteiger partial charge >= 0.3 is 0 Å².